The summed E-state index contributed by atoms with van der Waals surface area (Å²) in [6.45, 7) is 9.07. The highest BCUT2D eigenvalue weighted by molar-refractivity contribution is 5.75. The standard InChI is InChI=1S/C22H42N2O8/c1-15(26)24-18-20(29)19(28)16(13-25)32-21(18)31-11-8-6-5-7-10-23-17(27)9-12-30-14-22(2,3)4/h16,18-21,25,28-29H,5-14H2,1-4H3,(H,23,27)(H,24,26)/t16-,18-,19+,20-,21-/m1/s1. The van der Waals surface area contributed by atoms with Gasteiger partial charge in [-0.2, -0.15) is 0 Å². The first-order chi connectivity index (χ1) is 15.0. The Morgan fingerprint density at radius 2 is 1.72 bits per heavy atom. The van der Waals surface area contributed by atoms with Gasteiger partial charge in [-0.15, -0.1) is 0 Å². The van der Waals surface area contributed by atoms with Gasteiger partial charge in [0.2, 0.25) is 11.8 Å². The molecule has 1 heterocycles. The van der Waals surface area contributed by atoms with E-state index in [4.69, 9.17) is 14.2 Å². The average Bonchev–Trinajstić information content (AvgIpc) is 2.71. The molecule has 188 valence electrons. The normalized spacial score (nSPS) is 26.0. The van der Waals surface area contributed by atoms with E-state index in [2.05, 4.69) is 31.4 Å². The van der Waals surface area contributed by atoms with E-state index in [1.54, 1.807) is 0 Å². The molecule has 1 rings (SSSR count). The van der Waals surface area contributed by atoms with Gasteiger partial charge in [0.1, 0.15) is 24.4 Å². The Balaban J connectivity index is 2.16. The molecule has 1 fully saturated rings. The van der Waals surface area contributed by atoms with E-state index in [1.807, 2.05) is 0 Å². The highest BCUT2D eigenvalue weighted by atomic mass is 16.7. The first-order valence-electron chi connectivity index (χ1n) is 11.4. The Kier molecular flexibility index (Phi) is 13.3. The van der Waals surface area contributed by atoms with E-state index in [0.29, 0.717) is 32.8 Å². The number of nitrogens with one attached hydrogen (secondary N) is 2. The van der Waals surface area contributed by atoms with Crippen LogP contribution in [0.5, 0.6) is 0 Å². The summed E-state index contributed by atoms with van der Waals surface area (Å²) in [7, 11) is 0. The summed E-state index contributed by atoms with van der Waals surface area (Å²) in [4.78, 5) is 23.2. The molecule has 1 saturated heterocycles. The molecule has 0 aromatic carbocycles. The van der Waals surface area contributed by atoms with E-state index < -0.39 is 37.3 Å². The fraction of sp³-hybridized carbons (Fsp3) is 0.909. The van der Waals surface area contributed by atoms with Gasteiger partial charge in [0.25, 0.3) is 0 Å². The number of aliphatic hydroxyl groups is 3. The molecule has 0 bridgehead atoms. The zero-order valence-corrected chi connectivity index (χ0v) is 19.8. The Hall–Kier alpha value is -1.30. The van der Waals surface area contributed by atoms with Crippen molar-refractivity contribution in [3.8, 4) is 0 Å². The van der Waals surface area contributed by atoms with Gasteiger partial charge in [-0.05, 0) is 18.3 Å². The first-order valence-corrected chi connectivity index (χ1v) is 11.4. The molecule has 0 radical (unpaired) electrons. The van der Waals surface area contributed by atoms with Crippen molar-refractivity contribution in [3.05, 3.63) is 0 Å². The van der Waals surface area contributed by atoms with E-state index in [1.165, 1.54) is 6.92 Å². The minimum Gasteiger partial charge on any atom is -0.394 e. The first kappa shape index (κ1) is 28.7. The van der Waals surface area contributed by atoms with Crippen LogP contribution in [0.15, 0.2) is 0 Å². The van der Waals surface area contributed by atoms with Gasteiger partial charge >= 0.3 is 0 Å². The lowest BCUT2D eigenvalue weighted by molar-refractivity contribution is -0.270. The number of carbonyl (C=O) groups is 2. The summed E-state index contributed by atoms with van der Waals surface area (Å²) in [5.41, 5.74) is 0.0930. The number of ether oxygens (including phenoxy) is 3. The van der Waals surface area contributed by atoms with Gasteiger partial charge in [-0.1, -0.05) is 33.6 Å². The molecule has 5 atom stereocenters. The molecule has 5 N–H and O–H groups in total. The van der Waals surface area contributed by atoms with Gasteiger partial charge in [0.05, 0.1) is 19.8 Å². The molecule has 0 spiro atoms. The summed E-state index contributed by atoms with van der Waals surface area (Å²) >= 11 is 0. The lowest BCUT2D eigenvalue weighted by Gasteiger charge is -2.42. The van der Waals surface area contributed by atoms with Crippen molar-refractivity contribution in [2.75, 3.05) is 33.0 Å². The summed E-state index contributed by atoms with van der Waals surface area (Å²) in [5, 5.41) is 34.9. The smallest absolute Gasteiger partial charge is 0.222 e. The monoisotopic (exact) mass is 462 g/mol. The fourth-order valence-electron chi connectivity index (χ4n) is 3.25. The number of unbranched alkanes of at least 4 members (excludes halogenated alkanes) is 3. The SMILES string of the molecule is CC(=O)N[C@H]1[C@H](OCCCCCCNC(=O)CCOCC(C)(C)C)O[C@H](CO)[C@H](O)[C@@H]1O. The van der Waals surface area contributed by atoms with Crippen molar-refractivity contribution in [1.82, 2.24) is 10.6 Å². The molecule has 1 aliphatic heterocycles. The Morgan fingerprint density at radius 1 is 1.03 bits per heavy atom. The molecule has 0 saturated carbocycles. The molecule has 0 aliphatic carbocycles. The Labute approximate surface area is 191 Å². The van der Waals surface area contributed by atoms with Crippen molar-refractivity contribution in [3.63, 3.8) is 0 Å². The molecule has 10 nitrogen and oxygen atoms in total. The lowest BCUT2D eigenvalue weighted by Crippen LogP contribution is -2.64. The number of amides is 2. The maximum atomic E-state index is 11.8. The zero-order chi connectivity index (χ0) is 24.1. The summed E-state index contributed by atoms with van der Waals surface area (Å²) in [6, 6.07) is -0.923. The third-order valence-electron chi connectivity index (χ3n) is 4.93. The van der Waals surface area contributed by atoms with Crippen LogP contribution < -0.4 is 10.6 Å². The Bertz CT molecular complexity index is 555. The molecule has 10 heteroatoms. The van der Waals surface area contributed by atoms with Crippen LogP contribution in [0.2, 0.25) is 0 Å². The summed E-state index contributed by atoms with van der Waals surface area (Å²) in [6.07, 6.45) is -0.867. The van der Waals surface area contributed by atoms with E-state index in [-0.39, 0.29) is 17.2 Å². The van der Waals surface area contributed by atoms with Crippen LogP contribution in [-0.2, 0) is 23.8 Å². The third-order valence-corrected chi connectivity index (χ3v) is 4.93. The Morgan fingerprint density at radius 3 is 2.34 bits per heavy atom. The second-order valence-electron chi connectivity index (χ2n) is 9.43. The third kappa shape index (κ3) is 11.5. The van der Waals surface area contributed by atoms with Gasteiger partial charge in [-0.3, -0.25) is 9.59 Å². The maximum Gasteiger partial charge on any atom is 0.222 e. The maximum absolute atomic E-state index is 11.8. The fourth-order valence-corrected chi connectivity index (χ4v) is 3.25. The molecule has 0 aromatic rings. The number of hydrogen-bond acceptors (Lipinski definition) is 8. The van der Waals surface area contributed by atoms with E-state index in [0.717, 1.165) is 25.7 Å². The molecule has 0 aromatic heterocycles. The number of hydrogen-bond donors (Lipinski definition) is 5. The van der Waals surface area contributed by atoms with Crippen LogP contribution in [0.25, 0.3) is 0 Å². The molecule has 32 heavy (non-hydrogen) atoms. The van der Waals surface area contributed by atoms with Crippen LogP contribution in [0.4, 0.5) is 0 Å². The van der Waals surface area contributed by atoms with Gasteiger partial charge in [0.15, 0.2) is 6.29 Å². The molecule has 2 amide bonds. The number of aliphatic hydroxyl groups excluding tert-OH is 3. The predicted molar refractivity (Wildman–Crippen MR) is 118 cm³/mol. The van der Waals surface area contributed by atoms with E-state index >= 15 is 0 Å². The van der Waals surface area contributed by atoms with Crippen LogP contribution in [0.3, 0.4) is 0 Å². The number of carbonyl (C=O) groups excluding carboxylic acids is 2. The number of rotatable bonds is 14. The summed E-state index contributed by atoms with van der Waals surface area (Å²) < 4.78 is 16.7. The average molecular weight is 463 g/mol. The van der Waals surface area contributed by atoms with E-state index in [9.17, 15) is 24.9 Å². The van der Waals surface area contributed by atoms with Crippen molar-refractivity contribution >= 4 is 11.8 Å². The van der Waals surface area contributed by atoms with Crippen LogP contribution in [0.1, 0.15) is 59.8 Å². The van der Waals surface area contributed by atoms with Crippen LogP contribution in [0, 0.1) is 5.41 Å². The topological polar surface area (TPSA) is 147 Å². The van der Waals surface area contributed by atoms with Gasteiger partial charge in [0, 0.05) is 26.5 Å². The zero-order valence-electron chi connectivity index (χ0n) is 19.8. The quantitative estimate of drug-likeness (QED) is 0.228. The van der Waals surface area contributed by atoms with Crippen molar-refractivity contribution in [1.29, 1.82) is 0 Å². The second kappa shape index (κ2) is 14.8. The van der Waals surface area contributed by atoms with Gasteiger partial charge < -0.3 is 40.2 Å². The summed E-state index contributed by atoms with van der Waals surface area (Å²) in [5.74, 6) is -0.399. The second-order valence-corrected chi connectivity index (χ2v) is 9.43. The highest BCUT2D eigenvalue weighted by Gasteiger charge is 2.45. The predicted octanol–water partition coefficient (Wildman–Crippen LogP) is 0.0761. The largest absolute Gasteiger partial charge is 0.394 e. The van der Waals surface area contributed by atoms with Crippen molar-refractivity contribution in [2.24, 2.45) is 5.41 Å². The molecule has 1 aliphatic rings. The minimum absolute atomic E-state index is 0.0140. The van der Waals surface area contributed by atoms with Crippen molar-refractivity contribution < 1.29 is 39.1 Å². The van der Waals surface area contributed by atoms with Crippen molar-refractivity contribution in [2.45, 2.75) is 90.4 Å². The van der Waals surface area contributed by atoms with Crippen LogP contribution in [-0.4, -0.2) is 90.7 Å². The molecule has 0 unspecified atom stereocenters. The van der Waals surface area contributed by atoms with Crippen LogP contribution >= 0.6 is 0 Å². The van der Waals surface area contributed by atoms with Gasteiger partial charge in [-0.25, -0.2) is 0 Å². The molecular weight excluding hydrogens is 420 g/mol. The molecular formula is C22H42N2O8. The lowest BCUT2D eigenvalue weighted by atomic mass is 9.97. The minimum atomic E-state index is -1.32. The highest BCUT2D eigenvalue weighted by Crippen LogP contribution is 2.22.